The van der Waals surface area contributed by atoms with E-state index in [2.05, 4.69) is 15.8 Å². The Hall–Kier alpha value is -2.77. The second kappa shape index (κ2) is 10.1. The third-order valence-electron chi connectivity index (χ3n) is 3.87. The molecule has 0 aromatic heterocycles. The van der Waals surface area contributed by atoms with Gasteiger partial charge in [-0.3, -0.25) is 9.59 Å². The van der Waals surface area contributed by atoms with Gasteiger partial charge in [-0.2, -0.15) is 5.10 Å². The second-order valence-electron chi connectivity index (χ2n) is 6.20. The summed E-state index contributed by atoms with van der Waals surface area (Å²) in [7, 11) is 2.98. The smallest absolute Gasteiger partial charge is 0.271 e. The summed E-state index contributed by atoms with van der Waals surface area (Å²) in [5, 5.41) is 7.54. The van der Waals surface area contributed by atoms with Crippen molar-refractivity contribution in [2.75, 3.05) is 19.5 Å². The van der Waals surface area contributed by atoms with E-state index in [9.17, 15) is 9.59 Å². The highest BCUT2D eigenvalue weighted by atomic mass is 35.5. The van der Waals surface area contributed by atoms with Crippen molar-refractivity contribution < 1.29 is 19.1 Å². The molecular weight excluding hydrogens is 417 g/mol. The highest BCUT2D eigenvalue weighted by Crippen LogP contribution is 2.29. The number of carbonyl (C=O) groups excluding carboxylic acids is 2. The number of nitrogens with zero attached hydrogens (tertiary/aromatic N) is 1. The maximum Gasteiger partial charge on any atom is 0.271 e. The van der Waals surface area contributed by atoms with Crippen molar-refractivity contribution >= 4 is 46.4 Å². The number of carbonyl (C=O) groups is 2. The minimum absolute atomic E-state index is 0.0381. The summed E-state index contributed by atoms with van der Waals surface area (Å²) in [5.74, 6) is 0.147. The third kappa shape index (κ3) is 6.37. The van der Waals surface area contributed by atoms with Crippen LogP contribution in [0, 0.1) is 6.92 Å². The van der Waals surface area contributed by atoms with E-state index in [0.29, 0.717) is 38.5 Å². The Bertz CT molecular complexity index is 939. The van der Waals surface area contributed by atoms with Crippen molar-refractivity contribution in [3.8, 4) is 11.5 Å². The van der Waals surface area contributed by atoms with Crippen LogP contribution in [0.3, 0.4) is 0 Å². The van der Waals surface area contributed by atoms with Crippen LogP contribution in [-0.4, -0.2) is 31.7 Å². The quantitative estimate of drug-likeness (QED) is 0.494. The maximum absolute atomic E-state index is 12.3. The fourth-order valence-electron chi connectivity index (χ4n) is 2.43. The molecule has 2 aromatic rings. The lowest BCUT2D eigenvalue weighted by atomic mass is 10.2. The number of hydrogen-bond donors (Lipinski definition) is 2. The van der Waals surface area contributed by atoms with Gasteiger partial charge < -0.3 is 14.8 Å². The van der Waals surface area contributed by atoms with Crippen molar-refractivity contribution in [1.29, 1.82) is 0 Å². The number of amides is 2. The van der Waals surface area contributed by atoms with Gasteiger partial charge in [0.2, 0.25) is 5.91 Å². The number of halogens is 2. The topological polar surface area (TPSA) is 89.0 Å². The number of rotatable bonds is 7. The first-order chi connectivity index (χ1) is 13.7. The molecule has 0 heterocycles. The average molecular weight is 438 g/mol. The van der Waals surface area contributed by atoms with E-state index in [0.717, 1.165) is 5.56 Å². The SMILES string of the molecule is COc1cc(OC)cc(C(=O)N/N=C(/C)CC(=O)Nc2cc(Cl)cc(C)c2Cl)c1. The first-order valence-electron chi connectivity index (χ1n) is 8.55. The molecule has 0 saturated heterocycles. The van der Waals surface area contributed by atoms with E-state index < -0.39 is 5.91 Å². The molecule has 29 heavy (non-hydrogen) atoms. The van der Waals surface area contributed by atoms with Gasteiger partial charge in [0, 0.05) is 22.4 Å². The summed E-state index contributed by atoms with van der Waals surface area (Å²) >= 11 is 12.2. The van der Waals surface area contributed by atoms with Crippen LogP contribution in [0.25, 0.3) is 0 Å². The van der Waals surface area contributed by atoms with E-state index in [1.807, 2.05) is 0 Å². The van der Waals surface area contributed by atoms with Gasteiger partial charge in [0.15, 0.2) is 0 Å². The Kier molecular flexibility index (Phi) is 7.87. The van der Waals surface area contributed by atoms with Crippen LogP contribution in [-0.2, 0) is 4.79 Å². The van der Waals surface area contributed by atoms with E-state index in [-0.39, 0.29) is 12.3 Å². The third-order valence-corrected chi connectivity index (χ3v) is 4.59. The molecule has 0 fully saturated rings. The number of nitrogens with one attached hydrogen (secondary N) is 2. The molecule has 0 atom stereocenters. The van der Waals surface area contributed by atoms with Crippen LogP contribution < -0.4 is 20.2 Å². The van der Waals surface area contributed by atoms with Gasteiger partial charge >= 0.3 is 0 Å². The zero-order valence-electron chi connectivity index (χ0n) is 16.4. The zero-order valence-corrected chi connectivity index (χ0v) is 17.9. The Morgan fingerprint density at radius 2 is 1.66 bits per heavy atom. The van der Waals surface area contributed by atoms with Crippen molar-refractivity contribution in [1.82, 2.24) is 5.43 Å². The average Bonchev–Trinajstić information content (AvgIpc) is 2.69. The highest BCUT2D eigenvalue weighted by molar-refractivity contribution is 6.36. The van der Waals surface area contributed by atoms with E-state index in [4.69, 9.17) is 32.7 Å². The molecule has 0 unspecified atom stereocenters. The van der Waals surface area contributed by atoms with Crippen LogP contribution >= 0.6 is 23.2 Å². The molecule has 2 amide bonds. The van der Waals surface area contributed by atoms with Crippen molar-refractivity contribution in [2.24, 2.45) is 5.10 Å². The Morgan fingerprint density at radius 1 is 1.03 bits per heavy atom. The Morgan fingerprint density at radius 3 is 2.24 bits per heavy atom. The summed E-state index contributed by atoms with van der Waals surface area (Å²) in [5.41, 5.74) is 4.29. The van der Waals surface area contributed by atoms with Gasteiger partial charge in [0.1, 0.15) is 11.5 Å². The molecule has 9 heteroatoms. The van der Waals surface area contributed by atoms with Crippen molar-refractivity contribution in [3.05, 3.63) is 51.5 Å². The fraction of sp³-hybridized carbons (Fsp3) is 0.250. The fourth-order valence-corrected chi connectivity index (χ4v) is 2.86. The molecule has 0 aliphatic carbocycles. The van der Waals surface area contributed by atoms with Crippen molar-refractivity contribution in [3.63, 3.8) is 0 Å². The molecule has 0 aliphatic heterocycles. The number of anilines is 1. The van der Waals surface area contributed by atoms with E-state index in [1.54, 1.807) is 44.2 Å². The number of hydrogen-bond acceptors (Lipinski definition) is 5. The molecular formula is C20H21Cl2N3O4. The minimum atomic E-state index is -0.463. The minimum Gasteiger partial charge on any atom is -0.497 e. The van der Waals surface area contributed by atoms with Gasteiger partial charge in [-0.05, 0) is 43.7 Å². The van der Waals surface area contributed by atoms with E-state index in [1.165, 1.54) is 14.2 Å². The number of aryl methyl sites for hydroxylation is 1. The molecule has 0 aliphatic rings. The lowest BCUT2D eigenvalue weighted by Crippen LogP contribution is -2.21. The number of ether oxygens (including phenoxy) is 2. The monoisotopic (exact) mass is 437 g/mol. The molecule has 0 radical (unpaired) electrons. The molecule has 7 nitrogen and oxygen atoms in total. The maximum atomic E-state index is 12.3. The largest absolute Gasteiger partial charge is 0.497 e. The summed E-state index contributed by atoms with van der Waals surface area (Å²) in [6.45, 7) is 3.41. The van der Waals surface area contributed by atoms with E-state index >= 15 is 0 Å². The lowest BCUT2D eigenvalue weighted by Gasteiger charge is -2.10. The summed E-state index contributed by atoms with van der Waals surface area (Å²) < 4.78 is 10.3. The van der Waals surface area contributed by atoms with Gasteiger partial charge in [0.05, 0.1) is 31.4 Å². The predicted molar refractivity (Wildman–Crippen MR) is 115 cm³/mol. The number of methoxy groups -OCH3 is 2. The second-order valence-corrected chi connectivity index (χ2v) is 7.01. The summed E-state index contributed by atoms with van der Waals surface area (Å²) in [4.78, 5) is 24.6. The Labute approximate surface area is 179 Å². The zero-order chi connectivity index (χ0) is 21.6. The van der Waals surface area contributed by atoms with Gasteiger partial charge in [-0.15, -0.1) is 0 Å². The lowest BCUT2D eigenvalue weighted by molar-refractivity contribution is -0.115. The molecule has 2 aromatic carbocycles. The number of benzene rings is 2. The predicted octanol–water partition coefficient (Wildman–Crippen LogP) is 4.45. The molecule has 0 spiro atoms. The van der Waals surface area contributed by atoms with Gasteiger partial charge in [-0.25, -0.2) is 5.43 Å². The summed E-state index contributed by atoms with van der Waals surface area (Å²) in [6, 6.07) is 8.03. The Balaban J connectivity index is 2.01. The van der Waals surface area contributed by atoms with Crippen LogP contribution in [0.15, 0.2) is 35.4 Å². The molecule has 154 valence electrons. The van der Waals surface area contributed by atoms with Crippen LogP contribution in [0.5, 0.6) is 11.5 Å². The molecule has 0 saturated carbocycles. The first-order valence-corrected chi connectivity index (χ1v) is 9.31. The normalized spacial score (nSPS) is 11.0. The van der Waals surface area contributed by atoms with Crippen LogP contribution in [0.4, 0.5) is 5.69 Å². The standard InChI is InChI=1S/C20H21Cl2N3O4/c1-11-5-14(21)9-17(19(11)22)23-18(26)6-12(2)24-25-20(27)13-7-15(28-3)10-16(8-13)29-4/h5,7-10H,6H2,1-4H3,(H,23,26)(H,25,27)/b24-12-. The van der Waals surface area contributed by atoms with Crippen molar-refractivity contribution in [2.45, 2.75) is 20.3 Å². The molecule has 0 bridgehead atoms. The van der Waals surface area contributed by atoms with Crippen LogP contribution in [0.2, 0.25) is 10.0 Å². The highest BCUT2D eigenvalue weighted by Gasteiger charge is 2.12. The molecule has 2 rings (SSSR count). The van der Waals surface area contributed by atoms with Gasteiger partial charge in [0.25, 0.3) is 5.91 Å². The molecule has 2 N–H and O–H groups in total. The van der Waals surface area contributed by atoms with Gasteiger partial charge in [-0.1, -0.05) is 23.2 Å². The summed E-state index contributed by atoms with van der Waals surface area (Å²) in [6.07, 6.45) is -0.0381. The van der Waals surface area contributed by atoms with Crippen LogP contribution in [0.1, 0.15) is 29.3 Å². The number of hydrazone groups is 1. The first kappa shape index (κ1) is 22.5.